The van der Waals surface area contributed by atoms with Crippen molar-refractivity contribution in [1.29, 1.82) is 0 Å². The zero-order valence-corrected chi connectivity index (χ0v) is 12.5. The lowest BCUT2D eigenvalue weighted by Crippen LogP contribution is -2.29. The molecule has 0 radical (unpaired) electrons. The summed E-state index contributed by atoms with van der Waals surface area (Å²) in [5, 5.41) is 2.64. The fraction of sp³-hybridized carbons (Fsp3) is 0.533. The molecule has 1 fully saturated rings. The molecule has 114 valence electrons. The van der Waals surface area contributed by atoms with Crippen LogP contribution in [0.15, 0.2) is 18.3 Å². The fourth-order valence-corrected chi connectivity index (χ4v) is 1.98. The van der Waals surface area contributed by atoms with Crippen molar-refractivity contribution in [2.24, 2.45) is 0 Å². The van der Waals surface area contributed by atoms with Gasteiger partial charge in [0.15, 0.2) is 0 Å². The van der Waals surface area contributed by atoms with E-state index in [0.29, 0.717) is 13.0 Å². The second-order valence-corrected chi connectivity index (χ2v) is 5.89. The summed E-state index contributed by atoms with van der Waals surface area (Å²) < 4.78 is 10.6. The molecule has 1 atom stereocenters. The summed E-state index contributed by atoms with van der Waals surface area (Å²) in [6.45, 7) is 5.93. The minimum Gasteiger partial charge on any atom is -0.456 e. The minimum atomic E-state index is -0.608. The van der Waals surface area contributed by atoms with Gasteiger partial charge in [0, 0.05) is 12.8 Å². The molecule has 6 heteroatoms. The van der Waals surface area contributed by atoms with Crippen LogP contribution in [0, 0.1) is 0 Å². The van der Waals surface area contributed by atoms with E-state index >= 15 is 0 Å². The van der Waals surface area contributed by atoms with Crippen LogP contribution in [0.4, 0.5) is 5.82 Å². The van der Waals surface area contributed by atoms with E-state index in [1.165, 1.54) is 6.20 Å². The van der Waals surface area contributed by atoms with Crippen LogP contribution in [0.3, 0.4) is 0 Å². The van der Waals surface area contributed by atoms with Gasteiger partial charge in [-0.25, -0.2) is 9.78 Å². The van der Waals surface area contributed by atoms with Crippen molar-refractivity contribution in [3.05, 3.63) is 23.9 Å². The molecular weight excluding hydrogens is 272 g/mol. The first-order valence-electron chi connectivity index (χ1n) is 6.97. The highest BCUT2D eigenvalue weighted by Gasteiger charge is 2.26. The van der Waals surface area contributed by atoms with Gasteiger partial charge in [-0.15, -0.1) is 0 Å². The molecule has 1 saturated heterocycles. The molecule has 1 N–H and O–H groups in total. The van der Waals surface area contributed by atoms with Crippen LogP contribution >= 0.6 is 0 Å². The lowest BCUT2D eigenvalue weighted by Gasteiger charge is -2.20. The van der Waals surface area contributed by atoms with E-state index in [9.17, 15) is 9.59 Å². The summed E-state index contributed by atoms with van der Waals surface area (Å²) >= 11 is 0. The summed E-state index contributed by atoms with van der Waals surface area (Å²) in [5.41, 5.74) is -0.373. The highest BCUT2D eigenvalue weighted by Crippen LogP contribution is 2.19. The third-order valence-corrected chi connectivity index (χ3v) is 2.89. The van der Waals surface area contributed by atoms with Crippen LogP contribution in [0.5, 0.6) is 0 Å². The van der Waals surface area contributed by atoms with Crippen LogP contribution in [0.25, 0.3) is 0 Å². The topological polar surface area (TPSA) is 77.5 Å². The molecule has 0 aromatic carbocycles. The number of carbonyl (C=O) groups is 2. The average molecular weight is 292 g/mol. The lowest BCUT2D eigenvalue weighted by atomic mass is 10.2. The van der Waals surface area contributed by atoms with Crippen LogP contribution in [0.2, 0.25) is 0 Å². The maximum absolute atomic E-state index is 12.1. The molecule has 0 aliphatic carbocycles. The Morgan fingerprint density at radius 1 is 1.43 bits per heavy atom. The van der Waals surface area contributed by atoms with Gasteiger partial charge in [-0.1, -0.05) is 0 Å². The maximum atomic E-state index is 12.1. The van der Waals surface area contributed by atoms with Gasteiger partial charge in [-0.05, 0) is 45.7 Å². The zero-order chi connectivity index (χ0) is 15.5. The Morgan fingerprint density at radius 3 is 2.81 bits per heavy atom. The molecule has 0 unspecified atom stereocenters. The van der Waals surface area contributed by atoms with E-state index in [1.807, 2.05) is 0 Å². The van der Waals surface area contributed by atoms with Crippen molar-refractivity contribution in [3.8, 4) is 0 Å². The van der Waals surface area contributed by atoms with Crippen LogP contribution < -0.4 is 5.32 Å². The van der Waals surface area contributed by atoms with Gasteiger partial charge in [0.2, 0.25) is 0 Å². The Balaban J connectivity index is 2.13. The van der Waals surface area contributed by atoms with E-state index in [4.69, 9.17) is 9.47 Å². The largest absolute Gasteiger partial charge is 0.456 e. The van der Waals surface area contributed by atoms with Gasteiger partial charge in [-0.3, -0.25) is 4.79 Å². The van der Waals surface area contributed by atoms with Crippen molar-refractivity contribution in [3.63, 3.8) is 0 Å². The quantitative estimate of drug-likeness (QED) is 0.864. The van der Waals surface area contributed by atoms with Gasteiger partial charge in [-0.2, -0.15) is 0 Å². The second-order valence-electron chi connectivity index (χ2n) is 5.89. The van der Waals surface area contributed by atoms with Gasteiger partial charge < -0.3 is 14.8 Å². The number of pyridine rings is 1. The Kier molecular flexibility index (Phi) is 4.57. The number of amides is 1. The van der Waals surface area contributed by atoms with Crippen LogP contribution in [-0.4, -0.2) is 35.2 Å². The lowest BCUT2D eigenvalue weighted by molar-refractivity contribution is -0.124. The molecule has 21 heavy (non-hydrogen) atoms. The number of nitrogens with zero attached hydrogens (tertiary/aromatic N) is 1. The first-order valence-corrected chi connectivity index (χ1v) is 6.97. The number of esters is 1. The van der Waals surface area contributed by atoms with Gasteiger partial charge in [0.25, 0.3) is 5.91 Å². The van der Waals surface area contributed by atoms with E-state index in [0.717, 1.165) is 6.42 Å². The predicted octanol–water partition coefficient (Wildman–Crippen LogP) is 2.15. The molecule has 1 amide bonds. The normalized spacial score (nSPS) is 18.3. The second kappa shape index (κ2) is 6.22. The third-order valence-electron chi connectivity index (χ3n) is 2.89. The van der Waals surface area contributed by atoms with Crippen LogP contribution in [-0.2, 0) is 14.3 Å². The molecule has 0 spiro atoms. The fourth-order valence-electron chi connectivity index (χ4n) is 1.98. The SMILES string of the molecule is CC(C)(C)OC(=O)c1cccnc1NC(=O)[C@H]1CCCO1. The molecule has 2 heterocycles. The summed E-state index contributed by atoms with van der Waals surface area (Å²) in [7, 11) is 0. The van der Waals surface area contributed by atoms with Crippen molar-refractivity contribution < 1.29 is 19.1 Å². The number of rotatable bonds is 3. The van der Waals surface area contributed by atoms with Crippen molar-refractivity contribution in [2.75, 3.05) is 11.9 Å². The molecule has 1 aliphatic rings. The van der Waals surface area contributed by atoms with Crippen molar-refractivity contribution in [2.45, 2.75) is 45.3 Å². The Hall–Kier alpha value is -1.95. The molecule has 1 aromatic heterocycles. The molecule has 0 bridgehead atoms. The minimum absolute atomic E-state index is 0.201. The van der Waals surface area contributed by atoms with Crippen molar-refractivity contribution >= 4 is 17.7 Å². The van der Waals surface area contributed by atoms with Crippen molar-refractivity contribution in [1.82, 2.24) is 4.98 Å². The number of aromatic nitrogens is 1. The highest BCUT2D eigenvalue weighted by molar-refractivity contribution is 6.01. The van der Waals surface area contributed by atoms with Gasteiger partial charge >= 0.3 is 5.97 Å². The zero-order valence-electron chi connectivity index (χ0n) is 12.5. The number of hydrogen-bond donors (Lipinski definition) is 1. The molecule has 0 saturated carbocycles. The molecule has 2 rings (SSSR count). The predicted molar refractivity (Wildman–Crippen MR) is 77.0 cm³/mol. The molecule has 1 aromatic rings. The number of carbonyl (C=O) groups excluding carboxylic acids is 2. The monoisotopic (exact) mass is 292 g/mol. The number of hydrogen-bond acceptors (Lipinski definition) is 5. The standard InChI is InChI=1S/C15H20N2O4/c1-15(2,3)21-14(19)10-6-4-8-16-12(10)17-13(18)11-7-5-9-20-11/h4,6,8,11H,5,7,9H2,1-3H3,(H,16,17,18)/t11-/m1/s1. The molecular formula is C15H20N2O4. The molecule has 6 nitrogen and oxygen atoms in total. The molecule has 1 aliphatic heterocycles. The Morgan fingerprint density at radius 2 is 2.19 bits per heavy atom. The number of nitrogens with one attached hydrogen (secondary N) is 1. The first kappa shape index (κ1) is 15.4. The van der Waals surface area contributed by atoms with E-state index < -0.39 is 17.7 Å². The average Bonchev–Trinajstić information content (AvgIpc) is 2.91. The van der Waals surface area contributed by atoms with E-state index in [1.54, 1.807) is 32.9 Å². The smallest absolute Gasteiger partial charge is 0.342 e. The Bertz CT molecular complexity index is 531. The van der Waals surface area contributed by atoms with E-state index in [2.05, 4.69) is 10.3 Å². The maximum Gasteiger partial charge on any atom is 0.342 e. The first-order chi connectivity index (χ1) is 9.87. The summed E-state index contributed by atoms with van der Waals surface area (Å²) in [6, 6.07) is 3.20. The number of anilines is 1. The van der Waals surface area contributed by atoms with Gasteiger partial charge in [0.05, 0.1) is 0 Å². The van der Waals surface area contributed by atoms with Crippen LogP contribution in [0.1, 0.15) is 44.0 Å². The third kappa shape index (κ3) is 4.26. The summed E-state index contributed by atoms with van der Waals surface area (Å²) in [5.74, 6) is -0.596. The highest BCUT2D eigenvalue weighted by atomic mass is 16.6. The summed E-state index contributed by atoms with van der Waals surface area (Å²) in [6.07, 6.45) is 2.58. The number of ether oxygens (including phenoxy) is 2. The summed E-state index contributed by atoms with van der Waals surface area (Å²) in [4.78, 5) is 28.2. The Labute approximate surface area is 123 Å². The van der Waals surface area contributed by atoms with Gasteiger partial charge in [0.1, 0.15) is 23.1 Å². The van der Waals surface area contributed by atoms with E-state index in [-0.39, 0.29) is 17.3 Å².